The summed E-state index contributed by atoms with van der Waals surface area (Å²) in [5.41, 5.74) is -0.303. The number of aromatic nitrogens is 1. The number of carbonyl (C=O) groups is 1. The van der Waals surface area contributed by atoms with Crippen molar-refractivity contribution in [1.29, 1.82) is 0 Å². The lowest BCUT2D eigenvalue weighted by molar-refractivity contribution is -0.141. The van der Waals surface area contributed by atoms with Crippen LogP contribution in [0.2, 0.25) is 0 Å². The molecule has 2 aromatic carbocycles. The van der Waals surface area contributed by atoms with Crippen LogP contribution in [0.5, 0.6) is 0 Å². The van der Waals surface area contributed by atoms with E-state index in [2.05, 4.69) is 10.3 Å². The number of aryl methyl sites for hydroxylation is 2. The summed E-state index contributed by atoms with van der Waals surface area (Å²) in [5, 5.41) is 2.52. The van der Waals surface area contributed by atoms with Gasteiger partial charge in [-0.1, -0.05) is 18.2 Å². The molecule has 0 aliphatic carbocycles. The molecule has 1 aromatic heterocycles. The van der Waals surface area contributed by atoms with Gasteiger partial charge < -0.3 is 10.2 Å². The van der Waals surface area contributed by atoms with Crippen LogP contribution in [0.15, 0.2) is 60.8 Å². The van der Waals surface area contributed by atoms with Gasteiger partial charge >= 0.3 is 12.4 Å². The lowest BCUT2D eigenvalue weighted by Crippen LogP contribution is -2.40. The lowest BCUT2D eigenvalue weighted by Gasteiger charge is -2.33. The first-order valence-corrected chi connectivity index (χ1v) is 11.2. The number of amides is 1. The molecule has 3 rings (SSSR count). The molecule has 0 saturated heterocycles. The fraction of sp³-hybridized carbons (Fsp3) is 0.308. The second-order valence-corrected chi connectivity index (χ2v) is 8.42. The summed E-state index contributed by atoms with van der Waals surface area (Å²) in [6.45, 7) is 1.73. The van der Waals surface area contributed by atoms with Crippen molar-refractivity contribution in [2.24, 2.45) is 0 Å². The van der Waals surface area contributed by atoms with Crippen molar-refractivity contribution in [2.45, 2.75) is 38.2 Å². The number of anilines is 1. The van der Waals surface area contributed by atoms with Gasteiger partial charge in [0.25, 0.3) is 0 Å². The van der Waals surface area contributed by atoms with Crippen LogP contribution >= 0.6 is 0 Å². The molecule has 198 valence electrons. The predicted molar refractivity (Wildman–Crippen MR) is 124 cm³/mol. The Balaban J connectivity index is 1.92. The zero-order valence-corrected chi connectivity index (χ0v) is 19.9. The van der Waals surface area contributed by atoms with Crippen LogP contribution in [0.1, 0.15) is 40.4 Å². The first-order chi connectivity index (χ1) is 17.3. The Morgan fingerprint density at radius 1 is 0.973 bits per heavy atom. The Morgan fingerprint density at radius 2 is 1.65 bits per heavy atom. The Bertz CT molecular complexity index is 1210. The fourth-order valence-electron chi connectivity index (χ4n) is 3.87. The first-order valence-electron chi connectivity index (χ1n) is 11.2. The number of rotatable bonds is 8. The lowest BCUT2D eigenvalue weighted by atomic mass is 10.00. The molecule has 0 spiro atoms. The van der Waals surface area contributed by atoms with Crippen LogP contribution in [-0.4, -0.2) is 24.5 Å². The highest BCUT2D eigenvalue weighted by atomic mass is 19.4. The van der Waals surface area contributed by atoms with E-state index in [0.717, 1.165) is 24.4 Å². The second-order valence-electron chi connectivity index (χ2n) is 8.42. The van der Waals surface area contributed by atoms with E-state index in [1.165, 1.54) is 50.4 Å². The molecule has 11 heteroatoms. The standard InChI is InChI=1S/C26H24F7N3O/c1-16-14-20(10-11-21(16)27)36(13-3-4-17-5-12-22(35-15-17)26(31,32)33)23(24(37)34-2)18-6-8-19(9-7-18)25(28,29)30/h5-12,14-15,23H,3-4,13H2,1-2H3,(H,34,37)/t23-/m1/s1. The smallest absolute Gasteiger partial charge is 0.357 e. The Morgan fingerprint density at radius 3 is 2.16 bits per heavy atom. The van der Waals surface area contributed by atoms with Crippen LogP contribution in [0.25, 0.3) is 0 Å². The molecule has 0 radical (unpaired) electrons. The molecule has 3 aromatic rings. The normalized spacial score (nSPS) is 12.8. The molecular formula is C26H24F7N3O. The van der Waals surface area contributed by atoms with E-state index in [0.29, 0.717) is 29.7 Å². The van der Waals surface area contributed by atoms with E-state index in [1.807, 2.05) is 0 Å². The topological polar surface area (TPSA) is 45.2 Å². The maximum atomic E-state index is 14.0. The fourth-order valence-corrected chi connectivity index (χ4v) is 3.87. The summed E-state index contributed by atoms with van der Waals surface area (Å²) in [6.07, 6.45) is -7.31. The maximum absolute atomic E-state index is 14.0. The Kier molecular flexibility index (Phi) is 8.45. The Hall–Kier alpha value is -3.63. The van der Waals surface area contributed by atoms with Crippen molar-refractivity contribution in [3.8, 4) is 0 Å². The first kappa shape index (κ1) is 27.9. The SMILES string of the molecule is CNC(=O)[C@@H](c1ccc(C(F)(F)F)cc1)N(CCCc1ccc(C(F)(F)F)nc1)c1ccc(F)c(C)c1. The van der Waals surface area contributed by atoms with Crippen molar-refractivity contribution in [3.63, 3.8) is 0 Å². The molecule has 1 N–H and O–H groups in total. The van der Waals surface area contributed by atoms with Gasteiger partial charge in [0.15, 0.2) is 0 Å². The molecule has 1 atom stereocenters. The number of likely N-dealkylation sites (N-methyl/N-ethyl adjacent to an activating group) is 1. The van der Waals surface area contributed by atoms with E-state index in [4.69, 9.17) is 0 Å². The zero-order chi connectivity index (χ0) is 27.4. The van der Waals surface area contributed by atoms with Crippen molar-refractivity contribution in [2.75, 3.05) is 18.5 Å². The number of hydrogen-bond acceptors (Lipinski definition) is 3. The predicted octanol–water partition coefficient (Wildman–Crippen LogP) is 6.49. The summed E-state index contributed by atoms with van der Waals surface area (Å²) >= 11 is 0. The number of carbonyl (C=O) groups excluding carboxylic acids is 1. The third-order valence-corrected chi connectivity index (χ3v) is 5.81. The zero-order valence-electron chi connectivity index (χ0n) is 19.9. The number of halogens is 7. The Labute approximate surface area is 209 Å². The minimum atomic E-state index is -4.56. The van der Waals surface area contributed by atoms with Crippen molar-refractivity contribution < 1.29 is 35.5 Å². The third-order valence-electron chi connectivity index (χ3n) is 5.81. The van der Waals surface area contributed by atoms with E-state index in [1.54, 1.807) is 4.90 Å². The van der Waals surface area contributed by atoms with E-state index >= 15 is 0 Å². The number of nitrogens with one attached hydrogen (secondary N) is 1. The van der Waals surface area contributed by atoms with E-state index in [9.17, 15) is 35.5 Å². The van der Waals surface area contributed by atoms with Gasteiger partial charge in [-0.25, -0.2) is 4.39 Å². The van der Waals surface area contributed by atoms with Gasteiger partial charge in [-0.3, -0.25) is 9.78 Å². The van der Waals surface area contributed by atoms with Gasteiger partial charge in [0.2, 0.25) is 5.91 Å². The van der Waals surface area contributed by atoms with E-state index < -0.39 is 41.4 Å². The molecular weight excluding hydrogens is 503 g/mol. The third kappa shape index (κ3) is 6.99. The number of alkyl halides is 6. The van der Waals surface area contributed by atoms with Crippen LogP contribution in [0, 0.1) is 12.7 Å². The highest BCUT2D eigenvalue weighted by Gasteiger charge is 2.33. The van der Waals surface area contributed by atoms with Gasteiger partial charge in [0.05, 0.1) is 5.56 Å². The molecule has 1 amide bonds. The minimum absolute atomic E-state index is 0.186. The maximum Gasteiger partial charge on any atom is 0.433 e. The molecule has 0 aliphatic rings. The minimum Gasteiger partial charge on any atom is -0.357 e. The van der Waals surface area contributed by atoms with Gasteiger partial charge in [-0.2, -0.15) is 26.3 Å². The summed E-state index contributed by atoms with van der Waals surface area (Å²) < 4.78 is 91.5. The van der Waals surface area contributed by atoms with Crippen LogP contribution in [0.4, 0.5) is 36.4 Å². The van der Waals surface area contributed by atoms with Crippen molar-refractivity contribution >= 4 is 11.6 Å². The monoisotopic (exact) mass is 527 g/mol. The molecule has 37 heavy (non-hydrogen) atoms. The molecule has 0 fully saturated rings. The number of hydrogen-bond donors (Lipinski definition) is 1. The largest absolute Gasteiger partial charge is 0.433 e. The van der Waals surface area contributed by atoms with Gasteiger partial charge in [-0.15, -0.1) is 0 Å². The molecule has 0 aliphatic heterocycles. The summed E-state index contributed by atoms with van der Waals surface area (Å²) in [7, 11) is 1.39. The van der Waals surface area contributed by atoms with Gasteiger partial charge in [0, 0.05) is 25.5 Å². The molecule has 0 bridgehead atoms. The highest BCUT2D eigenvalue weighted by molar-refractivity contribution is 5.86. The molecule has 4 nitrogen and oxygen atoms in total. The van der Waals surface area contributed by atoms with Gasteiger partial charge in [-0.05, 0) is 72.9 Å². The van der Waals surface area contributed by atoms with Crippen molar-refractivity contribution in [3.05, 3.63) is 94.6 Å². The quantitative estimate of drug-likeness (QED) is 0.341. The average Bonchev–Trinajstić information content (AvgIpc) is 2.84. The number of nitrogens with zero attached hydrogens (tertiary/aromatic N) is 2. The number of pyridine rings is 1. The van der Waals surface area contributed by atoms with Crippen molar-refractivity contribution in [1.82, 2.24) is 10.3 Å². The van der Waals surface area contributed by atoms with E-state index in [-0.39, 0.29) is 12.1 Å². The van der Waals surface area contributed by atoms with Crippen LogP contribution < -0.4 is 10.2 Å². The summed E-state index contributed by atoms with van der Waals surface area (Å²) in [5.74, 6) is -0.969. The molecule has 1 heterocycles. The van der Waals surface area contributed by atoms with Gasteiger partial charge in [0.1, 0.15) is 17.6 Å². The summed E-state index contributed by atoms with van der Waals surface area (Å²) in [4.78, 5) is 18.0. The molecule has 0 saturated carbocycles. The van der Waals surface area contributed by atoms with Crippen LogP contribution in [-0.2, 0) is 23.6 Å². The summed E-state index contributed by atoms with van der Waals surface area (Å²) in [6, 6.07) is 9.55. The van der Waals surface area contributed by atoms with Crippen LogP contribution in [0.3, 0.4) is 0 Å². The average molecular weight is 527 g/mol. The number of benzene rings is 2. The highest BCUT2D eigenvalue weighted by Crippen LogP contribution is 2.33. The second kappa shape index (κ2) is 11.2. The molecule has 0 unspecified atom stereocenters.